The van der Waals surface area contributed by atoms with Gasteiger partial charge in [0, 0.05) is 58.2 Å². The molecule has 2 fully saturated rings. The number of aromatic nitrogens is 2. The van der Waals surface area contributed by atoms with Crippen LogP contribution in [0.2, 0.25) is 0 Å². The van der Waals surface area contributed by atoms with E-state index in [2.05, 4.69) is 30.4 Å². The highest BCUT2D eigenvalue weighted by atomic mass is 16.1. The van der Waals surface area contributed by atoms with Crippen molar-refractivity contribution in [3.8, 4) is 0 Å². The van der Waals surface area contributed by atoms with Gasteiger partial charge in [-0.3, -0.25) is 9.69 Å². The second-order valence-corrected chi connectivity index (χ2v) is 6.21. The van der Waals surface area contributed by atoms with Crippen molar-refractivity contribution >= 4 is 11.9 Å². The molecule has 23 heavy (non-hydrogen) atoms. The van der Waals surface area contributed by atoms with Gasteiger partial charge >= 0.3 is 0 Å². The van der Waals surface area contributed by atoms with Crippen molar-refractivity contribution in [1.82, 2.24) is 25.5 Å². The summed E-state index contributed by atoms with van der Waals surface area (Å²) in [6, 6.07) is 1.84. The summed E-state index contributed by atoms with van der Waals surface area (Å²) < 4.78 is 0. The number of piperidine rings is 1. The molecule has 7 nitrogen and oxygen atoms in total. The average Bonchev–Trinajstić information content (AvgIpc) is 2.64. The third-order valence-corrected chi connectivity index (χ3v) is 4.60. The summed E-state index contributed by atoms with van der Waals surface area (Å²) in [6.45, 7) is 7.35. The van der Waals surface area contributed by atoms with E-state index in [4.69, 9.17) is 0 Å². The summed E-state index contributed by atoms with van der Waals surface area (Å²) in [4.78, 5) is 25.3. The fourth-order valence-corrected chi connectivity index (χ4v) is 3.18. The number of carbonyl (C=O) groups is 1. The van der Waals surface area contributed by atoms with Gasteiger partial charge in [0.1, 0.15) is 0 Å². The van der Waals surface area contributed by atoms with E-state index in [1.165, 1.54) is 0 Å². The van der Waals surface area contributed by atoms with Crippen LogP contribution in [0.15, 0.2) is 18.5 Å². The standard InChI is InChI=1S/C16H26N6O/c23-15(14-3-1-4-17-13-14)18-7-8-21-9-11-22(12-10-21)16-19-5-2-6-20-16/h2,5-6,14,17H,1,3-4,7-13H2,(H,18,23). The molecule has 0 bridgehead atoms. The van der Waals surface area contributed by atoms with Crippen LogP contribution in [-0.4, -0.2) is 73.1 Å². The lowest BCUT2D eigenvalue weighted by atomic mass is 9.99. The Morgan fingerprint density at radius 2 is 2.04 bits per heavy atom. The molecule has 0 aliphatic carbocycles. The van der Waals surface area contributed by atoms with Crippen LogP contribution in [0.1, 0.15) is 12.8 Å². The normalized spacial score (nSPS) is 22.8. The quantitative estimate of drug-likeness (QED) is 0.778. The molecule has 0 aromatic carbocycles. The van der Waals surface area contributed by atoms with Crippen molar-refractivity contribution in [2.24, 2.45) is 5.92 Å². The molecule has 0 spiro atoms. The van der Waals surface area contributed by atoms with Crippen LogP contribution in [0, 0.1) is 5.92 Å². The number of hydrogen-bond donors (Lipinski definition) is 2. The van der Waals surface area contributed by atoms with Crippen LogP contribution >= 0.6 is 0 Å². The van der Waals surface area contributed by atoms with Crippen LogP contribution in [0.25, 0.3) is 0 Å². The van der Waals surface area contributed by atoms with Gasteiger partial charge in [0.15, 0.2) is 0 Å². The number of nitrogens with one attached hydrogen (secondary N) is 2. The Morgan fingerprint density at radius 1 is 1.26 bits per heavy atom. The van der Waals surface area contributed by atoms with Crippen molar-refractivity contribution in [3.63, 3.8) is 0 Å². The summed E-state index contributed by atoms with van der Waals surface area (Å²) in [5.41, 5.74) is 0. The summed E-state index contributed by atoms with van der Waals surface area (Å²) in [7, 11) is 0. The number of nitrogens with zero attached hydrogens (tertiary/aromatic N) is 4. The molecule has 2 aliphatic rings. The molecule has 1 atom stereocenters. The van der Waals surface area contributed by atoms with Gasteiger partial charge in [-0.05, 0) is 25.5 Å². The Kier molecular flexibility index (Phi) is 5.76. The minimum atomic E-state index is 0.149. The van der Waals surface area contributed by atoms with Gasteiger partial charge in [-0.25, -0.2) is 9.97 Å². The lowest BCUT2D eigenvalue weighted by Gasteiger charge is -2.34. The van der Waals surface area contributed by atoms with E-state index >= 15 is 0 Å². The first-order valence-corrected chi connectivity index (χ1v) is 8.55. The van der Waals surface area contributed by atoms with Crippen molar-refractivity contribution in [2.75, 3.05) is 57.3 Å². The van der Waals surface area contributed by atoms with Crippen LogP contribution in [-0.2, 0) is 4.79 Å². The first-order chi connectivity index (χ1) is 11.3. The maximum Gasteiger partial charge on any atom is 0.225 e. The minimum Gasteiger partial charge on any atom is -0.355 e. The minimum absolute atomic E-state index is 0.149. The molecule has 2 N–H and O–H groups in total. The van der Waals surface area contributed by atoms with Crippen molar-refractivity contribution in [1.29, 1.82) is 0 Å². The second-order valence-electron chi connectivity index (χ2n) is 6.21. The summed E-state index contributed by atoms with van der Waals surface area (Å²) >= 11 is 0. The molecule has 2 saturated heterocycles. The van der Waals surface area contributed by atoms with E-state index in [1.807, 2.05) is 6.07 Å². The molecule has 1 amide bonds. The lowest BCUT2D eigenvalue weighted by molar-refractivity contribution is -0.125. The van der Waals surface area contributed by atoms with E-state index in [-0.39, 0.29) is 11.8 Å². The highest BCUT2D eigenvalue weighted by Gasteiger charge is 2.21. The monoisotopic (exact) mass is 318 g/mol. The molecule has 1 unspecified atom stereocenters. The van der Waals surface area contributed by atoms with E-state index < -0.39 is 0 Å². The summed E-state index contributed by atoms with van der Waals surface area (Å²) in [6.07, 6.45) is 5.67. The fourth-order valence-electron chi connectivity index (χ4n) is 3.18. The van der Waals surface area contributed by atoms with E-state index in [0.29, 0.717) is 0 Å². The van der Waals surface area contributed by atoms with Gasteiger partial charge in [0.25, 0.3) is 0 Å². The van der Waals surface area contributed by atoms with Crippen LogP contribution in [0.3, 0.4) is 0 Å². The fraction of sp³-hybridized carbons (Fsp3) is 0.688. The van der Waals surface area contributed by atoms with Gasteiger partial charge < -0.3 is 15.5 Å². The van der Waals surface area contributed by atoms with Gasteiger partial charge in [-0.2, -0.15) is 0 Å². The molecule has 1 aromatic heterocycles. The molecular formula is C16H26N6O. The largest absolute Gasteiger partial charge is 0.355 e. The first kappa shape index (κ1) is 16.1. The van der Waals surface area contributed by atoms with Gasteiger partial charge in [-0.15, -0.1) is 0 Å². The number of hydrogen-bond acceptors (Lipinski definition) is 6. The van der Waals surface area contributed by atoms with Crippen LogP contribution < -0.4 is 15.5 Å². The number of anilines is 1. The van der Waals surface area contributed by atoms with E-state index in [1.54, 1.807) is 12.4 Å². The number of amides is 1. The highest BCUT2D eigenvalue weighted by molar-refractivity contribution is 5.78. The second kappa shape index (κ2) is 8.21. The van der Waals surface area contributed by atoms with Crippen LogP contribution in [0.4, 0.5) is 5.95 Å². The number of piperazine rings is 1. The van der Waals surface area contributed by atoms with Gasteiger partial charge in [0.2, 0.25) is 11.9 Å². The van der Waals surface area contributed by atoms with Gasteiger partial charge in [0.05, 0.1) is 5.92 Å². The first-order valence-electron chi connectivity index (χ1n) is 8.55. The molecule has 3 rings (SSSR count). The molecule has 1 aromatic rings. The molecule has 0 radical (unpaired) electrons. The molecule has 0 saturated carbocycles. The third kappa shape index (κ3) is 4.62. The molecule has 2 aliphatic heterocycles. The predicted molar refractivity (Wildman–Crippen MR) is 89.3 cm³/mol. The maximum absolute atomic E-state index is 12.1. The van der Waals surface area contributed by atoms with Crippen LogP contribution in [0.5, 0.6) is 0 Å². The average molecular weight is 318 g/mol. The summed E-state index contributed by atoms with van der Waals surface area (Å²) in [5, 5.41) is 6.37. The smallest absolute Gasteiger partial charge is 0.225 e. The number of carbonyl (C=O) groups excluding carboxylic acids is 1. The Morgan fingerprint density at radius 3 is 2.74 bits per heavy atom. The van der Waals surface area contributed by atoms with Crippen molar-refractivity contribution < 1.29 is 4.79 Å². The zero-order valence-corrected chi connectivity index (χ0v) is 13.6. The number of rotatable bonds is 5. The third-order valence-electron chi connectivity index (χ3n) is 4.60. The Bertz CT molecular complexity index is 483. The molecular weight excluding hydrogens is 292 g/mol. The summed E-state index contributed by atoms with van der Waals surface area (Å²) in [5.74, 6) is 1.16. The SMILES string of the molecule is O=C(NCCN1CCN(c2ncccn2)CC1)C1CCCNC1. The Hall–Kier alpha value is -1.73. The highest BCUT2D eigenvalue weighted by Crippen LogP contribution is 2.10. The van der Waals surface area contributed by atoms with Crippen molar-refractivity contribution in [2.45, 2.75) is 12.8 Å². The molecule has 7 heteroatoms. The van der Waals surface area contributed by atoms with Gasteiger partial charge in [-0.1, -0.05) is 0 Å². The maximum atomic E-state index is 12.1. The van der Waals surface area contributed by atoms with E-state index in [0.717, 1.165) is 71.1 Å². The van der Waals surface area contributed by atoms with Crippen molar-refractivity contribution in [3.05, 3.63) is 18.5 Å². The molecule has 3 heterocycles. The lowest BCUT2D eigenvalue weighted by Crippen LogP contribution is -2.49. The zero-order valence-electron chi connectivity index (χ0n) is 13.6. The van der Waals surface area contributed by atoms with E-state index in [9.17, 15) is 4.79 Å². The Balaban J connectivity index is 1.34. The Labute approximate surface area is 137 Å². The predicted octanol–water partition coefficient (Wildman–Crippen LogP) is -0.286. The topological polar surface area (TPSA) is 73.4 Å². The molecule has 126 valence electrons. The zero-order chi connectivity index (χ0) is 15.9.